The summed E-state index contributed by atoms with van der Waals surface area (Å²) in [6.45, 7) is 36.1. The molecule has 32 heavy (non-hydrogen) atoms. The van der Waals surface area contributed by atoms with Crippen LogP contribution in [-0.4, -0.2) is 47.7 Å². The van der Waals surface area contributed by atoms with Crippen LogP contribution < -0.4 is 0 Å². The second-order valence-corrected chi connectivity index (χ2v) is 23.3. The molecule has 0 bridgehead atoms. The minimum atomic E-state index is -1.97. The van der Waals surface area contributed by atoms with Gasteiger partial charge in [0.2, 0.25) is 0 Å². The molecular formula is C25H53BO4Si2. The van der Waals surface area contributed by atoms with E-state index in [1.807, 2.05) is 6.08 Å². The Morgan fingerprint density at radius 1 is 0.875 bits per heavy atom. The first-order valence-corrected chi connectivity index (χ1v) is 18.2. The number of rotatable bonds is 10. The van der Waals surface area contributed by atoms with E-state index >= 15 is 0 Å². The van der Waals surface area contributed by atoms with E-state index in [-0.39, 0.29) is 40.3 Å². The topological polar surface area (TPSA) is 36.9 Å². The first-order valence-electron chi connectivity index (χ1n) is 12.3. The van der Waals surface area contributed by atoms with Crippen molar-refractivity contribution < 1.29 is 18.2 Å². The van der Waals surface area contributed by atoms with Crippen molar-refractivity contribution in [1.82, 2.24) is 0 Å². The minimum Gasteiger partial charge on any atom is -0.414 e. The van der Waals surface area contributed by atoms with Gasteiger partial charge in [-0.3, -0.25) is 0 Å². The third-order valence-electron chi connectivity index (χ3n) is 8.40. The van der Waals surface area contributed by atoms with E-state index < -0.39 is 16.6 Å². The largest absolute Gasteiger partial charge is 0.461 e. The molecule has 0 saturated carbocycles. The normalized spacial score (nSPS) is 21.5. The zero-order chi connectivity index (χ0) is 25.4. The van der Waals surface area contributed by atoms with E-state index in [1.54, 1.807) is 0 Å². The van der Waals surface area contributed by atoms with Crippen molar-refractivity contribution >= 4 is 23.8 Å². The molecule has 2 atom stereocenters. The standard InChI is InChI=1S/C25H53BO4Si2/c1-16-17-20(26-29-24(8,9)25(10,11)30-26)18-21(28-32(14,15)23(5,6)7)19-27-31(12,13)22(2,3)4/h16,20-21H,1,17-19H2,2-15H3/t20-,21+/m1/s1. The fraction of sp³-hybridized carbons (Fsp3) is 0.920. The Morgan fingerprint density at radius 2 is 1.31 bits per heavy atom. The van der Waals surface area contributed by atoms with Gasteiger partial charge in [0, 0.05) is 0 Å². The van der Waals surface area contributed by atoms with Gasteiger partial charge in [-0.25, -0.2) is 0 Å². The lowest BCUT2D eigenvalue weighted by molar-refractivity contribution is 0.00578. The first-order chi connectivity index (χ1) is 14.1. The Labute approximate surface area is 202 Å². The van der Waals surface area contributed by atoms with Gasteiger partial charge in [-0.2, -0.15) is 0 Å². The molecule has 7 heteroatoms. The lowest BCUT2D eigenvalue weighted by Gasteiger charge is -2.42. The van der Waals surface area contributed by atoms with Crippen LogP contribution in [0.25, 0.3) is 0 Å². The van der Waals surface area contributed by atoms with Crippen LogP contribution in [0.3, 0.4) is 0 Å². The van der Waals surface area contributed by atoms with Crippen molar-refractivity contribution in [2.45, 2.75) is 141 Å². The monoisotopic (exact) mass is 484 g/mol. The number of hydrogen-bond acceptors (Lipinski definition) is 4. The van der Waals surface area contributed by atoms with Crippen LogP contribution in [-0.2, 0) is 18.2 Å². The molecule has 0 aliphatic carbocycles. The fourth-order valence-electron chi connectivity index (χ4n) is 3.21. The number of allylic oxidation sites excluding steroid dienone is 1. The summed E-state index contributed by atoms with van der Waals surface area (Å²) >= 11 is 0. The van der Waals surface area contributed by atoms with Gasteiger partial charge in [-0.1, -0.05) is 47.6 Å². The molecule has 188 valence electrons. The van der Waals surface area contributed by atoms with E-state index in [1.165, 1.54) is 0 Å². The maximum atomic E-state index is 6.94. The summed E-state index contributed by atoms with van der Waals surface area (Å²) in [6, 6.07) is 0. The van der Waals surface area contributed by atoms with Crippen LogP contribution in [0.15, 0.2) is 12.7 Å². The van der Waals surface area contributed by atoms with E-state index in [2.05, 4.69) is 102 Å². The Bertz CT molecular complexity index is 617. The molecular weight excluding hydrogens is 431 g/mol. The van der Waals surface area contributed by atoms with Gasteiger partial charge in [0.1, 0.15) is 0 Å². The molecule has 0 amide bonds. The maximum absolute atomic E-state index is 6.94. The van der Waals surface area contributed by atoms with Crippen LogP contribution in [0, 0.1) is 0 Å². The highest BCUT2D eigenvalue weighted by Gasteiger charge is 2.54. The van der Waals surface area contributed by atoms with Crippen molar-refractivity contribution in [3.05, 3.63) is 12.7 Å². The Morgan fingerprint density at radius 3 is 1.69 bits per heavy atom. The van der Waals surface area contributed by atoms with Gasteiger partial charge in [0.05, 0.1) is 23.9 Å². The van der Waals surface area contributed by atoms with Crippen LogP contribution in [0.1, 0.15) is 82.1 Å². The lowest BCUT2D eigenvalue weighted by atomic mass is 9.67. The molecule has 0 aromatic rings. The van der Waals surface area contributed by atoms with Crippen molar-refractivity contribution in [2.24, 2.45) is 0 Å². The molecule has 0 N–H and O–H groups in total. The van der Waals surface area contributed by atoms with Gasteiger partial charge in [0.15, 0.2) is 16.6 Å². The molecule has 4 nitrogen and oxygen atoms in total. The minimum absolute atomic E-state index is 0.00833. The average molecular weight is 485 g/mol. The Balaban J connectivity index is 3.14. The smallest absolute Gasteiger partial charge is 0.414 e. The first kappa shape index (κ1) is 30.1. The van der Waals surface area contributed by atoms with Crippen LogP contribution >= 0.6 is 0 Å². The zero-order valence-electron chi connectivity index (χ0n) is 23.8. The molecule has 1 fully saturated rings. The predicted octanol–water partition coefficient (Wildman–Crippen LogP) is 7.83. The summed E-state index contributed by atoms with van der Waals surface area (Å²) in [6.07, 6.45) is 3.65. The highest BCUT2D eigenvalue weighted by atomic mass is 28.4. The average Bonchev–Trinajstić information content (AvgIpc) is 2.77. The zero-order valence-corrected chi connectivity index (χ0v) is 25.8. The van der Waals surface area contributed by atoms with Crippen molar-refractivity contribution in [2.75, 3.05) is 6.61 Å². The maximum Gasteiger partial charge on any atom is 0.461 e. The van der Waals surface area contributed by atoms with Crippen molar-refractivity contribution in [3.63, 3.8) is 0 Å². The van der Waals surface area contributed by atoms with E-state index in [4.69, 9.17) is 18.2 Å². The molecule has 0 aromatic carbocycles. The highest BCUT2D eigenvalue weighted by molar-refractivity contribution is 6.74. The third-order valence-corrected chi connectivity index (χ3v) is 17.4. The fourth-order valence-corrected chi connectivity index (χ4v) is 5.60. The highest BCUT2D eigenvalue weighted by Crippen LogP contribution is 2.44. The summed E-state index contributed by atoms with van der Waals surface area (Å²) in [5.41, 5.74) is -0.685. The molecule has 1 saturated heterocycles. The van der Waals surface area contributed by atoms with E-state index in [0.717, 1.165) is 12.8 Å². The van der Waals surface area contributed by atoms with Gasteiger partial charge in [-0.15, -0.1) is 6.58 Å². The van der Waals surface area contributed by atoms with Crippen LogP contribution in [0.2, 0.25) is 42.1 Å². The summed E-state index contributed by atoms with van der Waals surface area (Å²) in [4.78, 5) is 0. The van der Waals surface area contributed by atoms with Gasteiger partial charge < -0.3 is 18.2 Å². The van der Waals surface area contributed by atoms with Crippen LogP contribution in [0.5, 0.6) is 0 Å². The third kappa shape index (κ3) is 7.29. The Hall–Kier alpha value is 0.0787. The predicted molar refractivity (Wildman–Crippen MR) is 144 cm³/mol. The van der Waals surface area contributed by atoms with Gasteiger partial charge in [-0.05, 0) is 82.6 Å². The quantitative estimate of drug-likeness (QED) is 0.234. The molecule has 0 aromatic heterocycles. The number of hydrogen-bond donors (Lipinski definition) is 0. The summed E-state index contributed by atoms with van der Waals surface area (Å²) in [7, 11) is -4.12. The van der Waals surface area contributed by atoms with Gasteiger partial charge in [0.25, 0.3) is 0 Å². The van der Waals surface area contributed by atoms with Crippen molar-refractivity contribution in [3.8, 4) is 0 Å². The van der Waals surface area contributed by atoms with Crippen molar-refractivity contribution in [1.29, 1.82) is 0 Å². The second-order valence-electron chi connectivity index (χ2n) is 13.7. The van der Waals surface area contributed by atoms with E-state index in [9.17, 15) is 0 Å². The van der Waals surface area contributed by atoms with Gasteiger partial charge >= 0.3 is 7.12 Å². The van der Waals surface area contributed by atoms with Crippen LogP contribution in [0.4, 0.5) is 0 Å². The van der Waals surface area contributed by atoms with E-state index in [0.29, 0.717) is 6.61 Å². The second kappa shape index (κ2) is 9.98. The Kier molecular flexibility index (Phi) is 9.39. The molecule has 1 aliphatic rings. The molecule has 0 spiro atoms. The molecule has 1 aliphatic heterocycles. The summed E-state index contributed by atoms with van der Waals surface area (Å²) in [5, 5.41) is 0.307. The molecule has 1 heterocycles. The SMILES string of the molecule is C=CC[C@H](C[C@@H](CO[Si](C)(C)C(C)(C)C)O[Si](C)(C)C(C)(C)C)B1OC(C)(C)C(C)(C)O1. The lowest BCUT2D eigenvalue weighted by Crippen LogP contribution is -2.48. The summed E-state index contributed by atoms with van der Waals surface area (Å²) in [5.74, 6) is 0.173. The molecule has 1 rings (SSSR count). The molecule has 0 radical (unpaired) electrons. The summed E-state index contributed by atoms with van der Waals surface area (Å²) < 4.78 is 26.5. The molecule has 0 unspecified atom stereocenters.